The lowest BCUT2D eigenvalue weighted by Crippen LogP contribution is -2.51. The van der Waals surface area contributed by atoms with Crippen LogP contribution in [0.1, 0.15) is 13.3 Å². The summed E-state index contributed by atoms with van der Waals surface area (Å²) in [5.41, 5.74) is 1.22. The molecule has 1 saturated heterocycles. The van der Waals surface area contributed by atoms with Crippen LogP contribution < -0.4 is 10.2 Å². The molecule has 1 aliphatic rings. The molecule has 1 N–H and O–H groups in total. The third-order valence-corrected chi connectivity index (χ3v) is 4.29. The highest BCUT2D eigenvalue weighted by Crippen LogP contribution is 2.29. The van der Waals surface area contributed by atoms with E-state index in [-0.39, 0.29) is 0 Å². The lowest BCUT2D eigenvalue weighted by molar-refractivity contribution is 0.466. The van der Waals surface area contributed by atoms with Gasteiger partial charge < -0.3 is 10.2 Å². The van der Waals surface area contributed by atoms with E-state index in [1.807, 2.05) is 12.1 Å². The van der Waals surface area contributed by atoms with Gasteiger partial charge in [-0.2, -0.15) is 0 Å². The van der Waals surface area contributed by atoms with Crippen molar-refractivity contribution in [3.05, 3.63) is 27.7 Å². The van der Waals surface area contributed by atoms with E-state index in [0.29, 0.717) is 6.04 Å². The highest BCUT2D eigenvalue weighted by Gasteiger charge is 2.20. The Morgan fingerprint density at radius 1 is 1.56 bits per heavy atom. The summed E-state index contributed by atoms with van der Waals surface area (Å²) in [5, 5.41) is 4.21. The van der Waals surface area contributed by atoms with E-state index in [0.717, 1.165) is 35.6 Å². The number of hydrogen-bond acceptors (Lipinski definition) is 2. The van der Waals surface area contributed by atoms with E-state index in [9.17, 15) is 0 Å². The monoisotopic (exact) mass is 302 g/mol. The third kappa shape index (κ3) is 2.53. The van der Waals surface area contributed by atoms with Gasteiger partial charge in [-0.25, -0.2) is 0 Å². The van der Waals surface area contributed by atoms with Gasteiger partial charge in [0.25, 0.3) is 0 Å². The number of benzene rings is 1. The van der Waals surface area contributed by atoms with E-state index >= 15 is 0 Å². The van der Waals surface area contributed by atoms with Crippen molar-refractivity contribution < 1.29 is 0 Å². The molecular weight excluding hydrogens is 288 g/mol. The predicted molar refractivity (Wildman–Crippen MR) is 73.4 cm³/mol. The minimum absolute atomic E-state index is 0.575. The molecule has 1 aromatic carbocycles. The van der Waals surface area contributed by atoms with Crippen molar-refractivity contribution in [1.29, 1.82) is 0 Å². The van der Waals surface area contributed by atoms with Crippen LogP contribution in [0.2, 0.25) is 5.02 Å². The minimum Gasteiger partial charge on any atom is -0.366 e. The Kier molecular flexibility index (Phi) is 4.11. The summed E-state index contributed by atoms with van der Waals surface area (Å²) < 4.78 is 0.959. The van der Waals surface area contributed by atoms with Crippen molar-refractivity contribution in [2.24, 2.45) is 0 Å². The molecule has 2 rings (SSSR count). The molecule has 0 aliphatic carbocycles. The molecule has 1 fully saturated rings. The quantitative estimate of drug-likeness (QED) is 0.902. The summed E-state index contributed by atoms with van der Waals surface area (Å²) in [6.45, 7) is 5.38. The first-order chi connectivity index (χ1) is 7.72. The molecule has 1 aliphatic heterocycles. The van der Waals surface area contributed by atoms with Gasteiger partial charge in [-0.1, -0.05) is 18.5 Å². The molecule has 1 heterocycles. The fourth-order valence-corrected chi connectivity index (χ4v) is 2.55. The number of nitrogens with zero attached hydrogens (tertiary/aromatic N) is 1. The van der Waals surface area contributed by atoms with E-state index in [4.69, 9.17) is 11.6 Å². The van der Waals surface area contributed by atoms with Gasteiger partial charge in [-0.15, -0.1) is 0 Å². The molecule has 4 heteroatoms. The summed E-state index contributed by atoms with van der Waals surface area (Å²) in [5.74, 6) is 0. The van der Waals surface area contributed by atoms with E-state index in [1.54, 1.807) is 0 Å². The molecule has 1 aromatic rings. The number of piperazine rings is 1. The largest absolute Gasteiger partial charge is 0.366 e. The first-order valence-corrected chi connectivity index (χ1v) is 6.82. The van der Waals surface area contributed by atoms with Crippen LogP contribution in [0, 0.1) is 0 Å². The minimum atomic E-state index is 0.575. The molecule has 2 nitrogen and oxygen atoms in total. The highest BCUT2D eigenvalue weighted by molar-refractivity contribution is 9.10. The van der Waals surface area contributed by atoms with Gasteiger partial charge in [0.05, 0.1) is 5.02 Å². The average molecular weight is 304 g/mol. The molecule has 0 spiro atoms. The van der Waals surface area contributed by atoms with Gasteiger partial charge >= 0.3 is 0 Å². The molecule has 1 unspecified atom stereocenters. The lowest BCUT2D eigenvalue weighted by Gasteiger charge is -2.37. The second-order valence-corrected chi connectivity index (χ2v) is 5.32. The molecular formula is C12H16BrClN2. The summed E-state index contributed by atoms with van der Waals surface area (Å²) in [6.07, 6.45) is 1.15. The smallest absolute Gasteiger partial charge is 0.0568 e. The Morgan fingerprint density at radius 2 is 2.38 bits per heavy atom. The van der Waals surface area contributed by atoms with Crippen molar-refractivity contribution in [3.8, 4) is 0 Å². The third-order valence-electron chi connectivity index (χ3n) is 3.06. The maximum atomic E-state index is 6.13. The normalized spacial score (nSPS) is 21.2. The van der Waals surface area contributed by atoms with Gasteiger partial charge in [0.15, 0.2) is 0 Å². The summed E-state index contributed by atoms with van der Waals surface area (Å²) >= 11 is 9.56. The zero-order chi connectivity index (χ0) is 11.5. The van der Waals surface area contributed by atoms with Crippen LogP contribution in [0.25, 0.3) is 0 Å². The molecule has 1 atom stereocenters. The van der Waals surface area contributed by atoms with Crippen molar-refractivity contribution in [1.82, 2.24) is 5.32 Å². The fourth-order valence-electron chi connectivity index (χ4n) is 2.13. The van der Waals surface area contributed by atoms with Crippen LogP contribution in [0.15, 0.2) is 22.7 Å². The number of rotatable bonds is 2. The Bertz CT molecular complexity index is 370. The van der Waals surface area contributed by atoms with Crippen molar-refractivity contribution in [2.75, 3.05) is 24.5 Å². The number of anilines is 1. The first kappa shape index (κ1) is 12.2. The van der Waals surface area contributed by atoms with Gasteiger partial charge in [0.1, 0.15) is 0 Å². The van der Waals surface area contributed by atoms with Crippen LogP contribution in [-0.4, -0.2) is 25.7 Å². The Balaban J connectivity index is 2.23. The summed E-state index contributed by atoms with van der Waals surface area (Å²) in [6, 6.07) is 6.77. The standard InChI is InChI=1S/C12H16BrClN2/c1-2-9-8-15-5-6-16(9)10-3-4-11(13)12(14)7-10/h3-4,7,9,15H,2,5-6,8H2,1H3. The maximum Gasteiger partial charge on any atom is 0.0568 e. The number of halogens is 2. The van der Waals surface area contributed by atoms with Gasteiger partial charge in [0.2, 0.25) is 0 Å². The molecule has 88 valence electrons. The van der Waals surface area contributed by atoms with E-state index in [2.05, 4.69) is 39.1 Å². The zero-order valence-corrected chi connectivity index (χ0v) is 11.7. The molecule has 0 amide bonds. The second-order valence-electron chi connectivity index (χ2n) is 4.06. The van der Waals surface area contributed by atoms with Crippen LogP contribution in [0.5, 0.6) is 0 Å². The highest BCUT2D eigenvalue weighted by atomic mass is 79.9. The molecule has 0 bridgehead atoms. The Hall–Kier alpha value is -0.250. The van der Waals surface area contributed by atoms with Crippen LogP contribution in [0.4, 0.5) is 5.69 Å². The maximum absolute atomic E-state index is 6.13. The van der Waals surface area contributed by atoms with Crippen LogP contribution >= 0.6 is 27.5 Å². The second kappa shape index (κ2) is 5.39. The van der Waals surface area contributed by atoms with Crippen LogP contribution in [0.3, 0.4) is 0 Å². The Labute approximate surface area is 110 Å². The average Bonchev–Trinajstić information content (AvgIpc) is 2.32. The first-order valence-electron chi connectivity index (χ1n) is 5.64. The molecule has 0 aromatic heterocycles. The topological polar surface area (TPSA) is 15.3 Å². The number of hydrogen-bond donors (Lipinski definition) is 1. The Morgan fingerprint density at radius 3 is 3.06 bits per heavy atom. The molecule has 0 radical (unpaired) electrons. The predicted octanol–water partition coefficient (Wildman–Crippen LogP) is 3.29. The zero-order valence-electron chi connectivity index (χ0n) is 9.34. The molecule has 16 heavy (non-hydrogen) atoms. The van der Waals surface area contributed by atoms with Crippen molar-refractivity contribution in [3.63, 3.8) is 0 Å². The summed E-state index contributed by atoms with van der Waals surface area (Å²) in [4.78, 5) is 2.44. The lowest BCUT2D eigenvalue weighted by atomic mass is 10.1. The SMILES string of the molecule is CCC1CNCCN1c1ccc(Br)c(Cl)c1. The van der Waals surface area contributed by atoms with Crippen molar-refractivity contribution in [2.45, 2.75) is 19.4 Å². The fraction of sp³-hybridized carbons (Fsp3) is 0.500. The van der Waals surface area contributed by atoms with Gasteiger partial charge in [-0.3, -0.25) is 0 Å². The van der Waals surface area contributed by atoms with Crippen LogP contribution in [-0.2, 0) is 0 Å². The number of nitrogens with one attached hydrogen (secondary N) is 1. The summed E-state index contributed by atoms with van der Waals surface area (Å²) in [7, 11) is 0. The van der Waals surface area contributed by atoms with Gasteiger partial charge in [-0.05, 0) is 40.5 Å². The van der Waals surface area contributed by atoms with E-state index in [1.165, 1.54) is 5.69 Å². The van der Waals surface area contributed by atoms with E-state index < -0.39 is 0 Å². The molecule has 0 saturated carbocycles. The van der Waals surface area contributed by atoms with Crippen molar-refractivity contribution >= 4 is 33.2 Å². The van der Waals surface area contributed by atoms with Gasteiger partial charge in [0, 0.05) is 35.8 Å².